The Labute approximate surface area is 97.1 Å². The molecule has 2 N–H and O–H groups in total. The third-order valence-electron chi connectivity index (χ3n) is 1.87. The first-order valence-corrected chi connectivity index (χ1v) is 5.36. The standard InChI is InChI=1S/C11H8N4S/c12-7-8-6-9(13)2-3-10(8)16-11-14-4-1-5-15-11/h1-6H,13H2. The van der Waals surface area contributed by atoms with E-state index in [1.54, 1.807) is 36.7 Å². The molecule has 0 amide bonds. The van der Waals surface area contributed by atoms with Gasteiger partial charge in [-0.3, -0.25) is 0 Å². The molecule has 0 saturated heterocycles. The van der Waals surface area contributed by atoms with Crippen LogP contribution in [0, 0.1) is 11.3 Å². The van der Waals surface area contributed by atoms with Gasteiger partial charge in [0.15, 0.2) is 5.16 Å². The van der Waals surface area contributed by atoms with Crippen LogP contribution in [0.4, 0.5) is 5.69 Å². The molecule has 2 rings (SSSR count). The molecule has 0 radical (unpaired) electrons. The minimum absolute atomic E-state index is 0.539. The van der Waals surface area contributed by atoms with Gasteiger partial charge in [-0.25, -0.2) is 9.97 Å². The van der Waals surface area contributed by atoms with Crippen molar-refractivity contribution in [1.82, 2.24) is 9.97 Å². The lowest BCUT2D eigenvalue weighted by Crippen LogP contribution is -1.89. The zero-order valence-electron chi connectivity index (χ0n) is 8.29. The Kier molecular flexibility index (Phi) is 3.03. The fourth-order valence-corrected chi connectivity index (χ4v) is 1.93. The number of benzene rings is 1. The summed E-state index contributed by atoms with van der Waals surface area (Å²) in [5.41, 5.74) is 6.72. The molecular formula is C11H8N4S. The number of anilines is 1. The molecule has 78 valence electrons. The van der Waals surface area contributed by atoms with Crippen molar-refractivity contribution >= 4 is 17.4 Å². The molecular weight excluding hydrogens is 220 g/mol. The summed E-state index contributed by atoms with van der Waals surface area (Å²) in [5, 5.41) is 9.58. The monoisotopic (exact) mass is 228 g/mol. The van der Waals surface area contributed by atoms with E-state index in [0.717, 1.165) is 4.90 Å². The van der Waals surface area contributed by atoms with Crippen LogP contribution in [0.5, 0.6) is 0 Å². The average Bonchev–Trinajstić information content (AvgIpc) is 2.33. The number of aromatic nitrogens is 2. The highest BCUT2D eigenvalue weighted by molar-refractivity contribution is 7.99. The van der Waals surface area contributed by atoms with Crippen LogP contribution < -0.4 is 5.73 Å². The van der Waals surface area contributed by atoms with Gasteiger partial charge in [-0.2, -0.15) is 5.26 Å². The van der Waals surface area contributed by atoms with Gasteiger partial charge < -0.3 is 5.73 Å². The van der Waals surface area contributed by atoms with E-state index >= 15 is 0 Å². The Morgan fingerprint density at radius 2 is 2.00 bits per heavy atom. The number of nitrogens with two attached hydrogens (primary N) is 1. The van der Waals surface area contributed by atoms with Crippen LogP contribution >= 0.6 is 11.8 Å². The van der Waals surface area contributed by atoms with Gasteiger partial charge >= 0.3 is 0 Å². The van der Waals surface area contributed by atoms with Gasteiger partial charge in [-0.15, -0.1) is 0 Å². The molecule has 0 aliphatic carbocycles. The van der Waals surface area contributed by atoms with E-state index in [-0.39, 0.29) is 0 Å². The molecule has 0 bridgehead atoms. The normalized spacial score (nSPS) is 9.69. The maximum Gasteiger partial charge on any atom is 0.192 e. The molecule has 0 spiro atoms. The fourth-order valence-electron chi connectivity index (χ4n) is 1.16. The number of nitriles is 1. The Morgan fingerprint density at radius 1 is 1.25 bits per heavy atom. The average molecular weight is 228 g/mol. The summed E-state index contributed by atoms with van der Waals surface area (Å²) in [4.78, 5) is 8.97. The fraction of sp³-hybridized carbons (Fsp3) is 0. The number of hydrogen-bond acceptors (Lipinski definition) is 5. The van der Waals surface area contributed by atoms with Gasteiger partial charge in [0, 0.05) is 23.0 Å². The quantitative estimate of drug-likeness (QED) is 0.629. The number of rotatable bonds is 2. The first kappa shape index (κ1) is 10.5. The van der Waals surface area contributed by atoms with Crippen LogP contribution in [0.25, 0.3) is 0 Å². The minimum atomic E-state index is 0.539. The van der Waals surface area contributed by atoms with Crippen molar-refractivity contribution in [3.63, 3.8) is 0 Å². The van der Waals surface area contributed by atoms with E-state index in [0.29, 0.717) is 16.4 Å². The number of nitrogens with zero attached hydrogens (tertiary/aromatic N) is 3. The SMILES string of the molecule is N#Cc1cc(N)ccc1Sc1ncccn1. The topological polar surface area (TPSA) is 75.6 Å². The van der Waals surface area contributed by atoms with E-state index in [1.807, 2.05) is 0 Å². The Morgan fingerprint density at radius 3 is 2.69 bits per heavy atom. The highest BCUT2D eigenvalue weighted by Crippen LogP contribution is 2.28. The van der Waals surface area contributed by atoms with Crippen LogP contribution in [-0.4, -0.2) is 9.97 Å². The number of hydrogen-bond donors (Lipinski definition) is 1. The molecule has 0 saturated carbocycles. The molecule has 0 aliphatic rings. The van der Waals surface area contributed by atoms with Crippen molar-refractivity contribution in [2.75, 3.05) is 5.73 Å². The highest BCUT2D eigenvalue weighted by atomic mass is 32.2. The molecule has 5 heteroatoms. The molecule has 2 aromatic rings. The van der Waals surface area contributed by atoms with Crippen LogP contribution in [0.2, 0.25) is 0 Å². The predicted octanol–water partition coefficient (Wildman–Crippen LogP) is 2.08. The van der Waals surface area contributed by atoms with Crippen LogP contribution in [0.1, 0.15) is 5.56 Å². The first-order chi connectivity index (χ1) is 7.79. The Balaban J connectivity index is 2.32. The molecule has 4 nitrogen and oxygen atoms in total. The molecule has 16 heavy (non-hydrogen) atoms. The van der Waals surface area contributed by atoms with Crippen molar-refractivity contribution in [1.29, 1.82) is 5.26 Å². The van der Waals surface area contributed by atoms with Crippen molar-refractivity contribution in [3.8, 4) is 6.07 Å². The van der Waals surface area contributed by atoms with Gasteiger partial charge in [0.1, 0.15) is 6.07 Å². The maximum atomic E-state index is 8.96. The molecule has 0 aliphatic heterocycles. The van der Waals surface area contributed by atoms with Gasteiger partial charge in [0.2, 0.25) is 0 Å². The number of nitrogen functional groups attached to an aromatic ring is 1. The summed E-state index contributed by atoms with van der Waals surface area (Å²) < 4.78 is 0. The summed E-state index contributed by atoms with van der Waals surface area (Å²) in [6, 6.07) is 9.05. The van der Waals surface area contributed by atoms with Crippen LogP contribution in [-0.2, 0) is 0 Å². The van der Waals surface area contributed by atoms with Crippen molar-refractivity contribution in [2.24, 2.45) is 0 Å². The van der Waals surface area contributed by atoms with Gasteiger partial charge in [0.25, 0.3) is 0 Å². The maximum absolute atomic E-state index is 8.96. The second-order valence-corrected chi connectivity index (χ2v) is 4.01. The predicted molar refractivity (Wildman–Crippen MR) is 61.7 cm³/mol. The summed E-state index contributed by atoms with van der Waals surface area (Å²) >= 11 is 1.35. The van der Waals surface area contributed by atoms with E-state index in [4.69, 9.17) is 11.0 Å². The molecule has 1 heterocycles. The molecule has 0 fully saturated rings. The summed E-state index contributed by atoms with van der Waals surface area (Å²) in [7, 11) is 0. The lowest BCUT2D eigenvalue weighted by molar-refractivity contribution is 0.966. The molecule has 1 aromatic heterocycles. The lowest BCUT2D eigenvalue weighted by Gasteiger charge is -2.02. The summed E-state index contributed by atoms with van der Waals surface area (Å²) in [6.07, 6.45) is 3.33. The van der Waals surface area contributed by atoms with Gasteiger partial charge in [0.05, 0.1) is 5.56 Å². The first-order valence-electron chi connectivity index (χ1n) is 4.54. The second-order valence-electron chi connectivity index (χ2n) is 3.00. The largest absolute Gasteiger partial charge is 0.399 e. The van der Waals surface area contributed by atoms with E-state index < -0.39 is 0 Å². The van der Waals surface area contributed by atoms with Crippen LogP contribution in [0.15, 0.2) is 46.7 Å². The lowest BCUT2D eigenvalue weighted by atomic mass is 10.2. The second kappa shape index (κ2) is 4.64. The molecule has 0 atom stereocenters. The van der Waals surface area contributed by atoms with Crippen LogP contribution in [0.3, 0.4) is 0 Å². The summed E-state index contributed by atoms with van der Waals surface area (Å²) in [5.74, 6) is 0. The highest BCUT2D eigenvalue weighted by Gasteiger charge is 2.05. The summed E-state index contributed by atoms with van der Waals surface area (Å²) in [6.45, 7) is 0. The molecule has 0 unspecified atom stereocenters. The van der Waals surface area contributed by atoms with Crippen molar-refractivity contribution < 1.29 is 0 Å². The third kappa shape index (κ3) is 2.30. The molecule has 1 aromatic carbocycles. The Bertz CT molecular complexity index is 533. The van der Waals surface area contributed by atoms with Gasteiger partial charge in [-0.05, 0) is 36.0 Å². The smallest absolute Gasteiger partial charge is 0.192 e. The minimum Gasteiger partial charge on any atom is -0.399 e. The zero-order valence-corrected chi connectivity index (χ0v) is 9.11. The zero-order chi connectivity index (χ0) is 11.4. The van der Waals surface area contributed by atoms with Crippen molar-refractivity contribution in [2.45, 2.75) is 10.1 Å². The van der Waals surface area contributed by atoms with E-state index in [9.17, 15) is 0 Å². The van der Waals surface area contributed by atoms with Gasteiger partial charge in [-0.1, -0.05) is 0 Å². The Hall–Kier alpha value is -2.06. The van der Waals surface area contributed by atoms with E-state index in [1.165, 1.54) is 11.8 Å². The van der Waals surface area contributed by atoms with E-state index in [2.05, 4.69) is 16.0 Å². The third-order valence-corrected chi connectivity index (χ3v) is 2.84. The van der Waals surface area contributed by atoms with Crippen molar-refractivity contribution in [3.05, 3.63) is 42.2 Å².